The lowest BCUT2D eigenvalue weighted by atomic mass is 10.3. The van der Waals surface area contributed by atoms with E-state index in [9.17, 15) is 4.79 Å². The summed E-state index contributed by atoms with van der Waals surface area (Å²) in [5, 5.41) is 16.4. The van der Waals surface area contributed by atoms with Gasteiger partial charge in [-0.25, -0.2) is 9.48 Å². The Morgan fingerprint density at radius 3 is 2.69 bits per heavy atom. The first-order chi connectivity index (χ1) is 7.61. The van der Waals surface area contributed by atoms with Crippen molar-refractivity contribution in [3.05, 3.63) is 39.2 Å². The lowest BCUT2D eigenvalue weighted by molar-refractivity contribution is 0.0689. The van der Waals surface area contributed by atoms with Crippen molar-refractivity contribution in [2.45, 2.75) is 6.92 Å². The summed E-state index contributed by atoms with van der Waals surface area (Å²) in [6.07, 6.45) is 0. The molecule has 2 rings (SSSR count). The molecule has 0 amide bonds. The molecule has 0 unspecified atom stereocenters. The molecule has 0 radical (unpaired) electrons. The number of carbonyl (C=O) groups is 1. The van der Waals surface area contributed by atoms with Gasteiger partial charge >= 0.3 is 5.97 Å². The van der Waals surface area contributed by atoms with Gasteiger partial charge < -0.3 is 5.11 Å². The Morgan fingerprint density at radius 1 is 1.44 bits per heavy atom. The third-order valence-electron chi connectivity index (χ3n) is 2.18. The Morgan fingerprint density at radius 2 is 2.12 bits per heavy atom. The third kappa shape index (κ3) is 1.80. The molecule has 6 heteroatoms. The largest absolute Gasteiger partial charge is 0.476 e. The van der Waals surface area contributed by atoms with Gasteiger partial charge in [-0.05, 0) is 41.6 Å². The number of aromatic nitrogens is 3. The number of nitrogens with zero attached hydrogens (tertiary/aromatic N) is 3. The highest BCUT2D eigenvalue weighted by Crippen LogP contribution is 2.18. The van der Waals surface area contributed by atoms with Crippen LogP contribution in [0.4, 0.5) is 0 Å². The van der Waals surface area contributed by atoms with Crippen LogP contribution in [0.5, 0.6) is 0 Å². The summed E-state index contributed by atoms with van der Waals surface area (Å²) in [5.74, 6) is -1.06. The second-order valence-electron chi connectivity index (χ2n) is 3.19. The Bertz CT molecular complexity index is 551. The minimum Gasteiger partial charge on any atom is -0.476 e. The summed E-state index contributed by atoms with van der Waals surface area (Å²) in [6, 6.07) is 7.58. The molecule has 0 spiro atoms. The van der Waals surface area contributed by atoms with E-state index in [1.54, 1.807) is 6.92 Å². The minimum absolute atomic E-state index is 0.0142. The highest BCUT2D eigenvalue weighted by molar-refractivity contribution is 14.1. The number of halogens is 1. The Labute approximate surface area is 105 Å². The molecule has 16 heavy (non-hydrogen) atoms. The van der Waals surface area contributed by atoms with Crippen LogP contribution in [0.25, 0.3) is 5.69 Å². The molecule has 0 bridgehead atoms. The molecule has 0 aliphatic rings. The van der Waals surface area contributed by atoms with E-state index in [2.05, 4.69) is 32.9 Å². The molecular weight excluding hydrogens is 321 g/mol. The van der Waals surface area contributed by atoms with Crippen molar-refractivity contribution < 1.29 is 9.90 Å². The summed E-state index contributed by atoms with van der Waals surface area (Å²) in [6.45, 7) is 1.69. The molecule has 0 aliphatic heterocycles. The maximum absolute atomic E-state index is 10.8. The number of hydrogen-bond donors (Lipinski definition) is 1. The van der Waals surface area contributed by atoms with E-state index in [0.717, 1.165) is 9.26 Å². The number of carboxylic acids is 1. The molecule has 0 atom stereocenters. The summed E-state index contributed by atoms with van der Waals surface area (Å²) < 4.78 is 2.52. The first kappa shape index (κ1) is 11.1. The summed E-state index contributed by atoms with van der Waals surface area (Å²) in [7, 11) is 0. The maximum Gasteiger partial charge on any atom is 0.358 e. The van der Waals surface area contributed by atoms with Crippen molar-refractivity contribution in [1.82, 2.24) is 15.0 Å². The molecule has 0 saturated heterocycles. The molecular formula is C10H8IN3O2. The summed E-state index contributed by atoms with van der Waals surface area (Å²) >= 11 is 2.17. The summed E-state index contributed by atoms with van der Waals surface area (Å²) in [5.41, 5.74) is 1.34. The molecule has 1 aromatic heterocycles. The topological polar surface area (TPSA) is 68.0 Å². The molecule has 1 heterocycles. The number of para-hydroxylation sites is 1. The van der Waals surface area contributed by atoms with Gasteiger partial charge in [-0.3, -0.25) is 0 Å². The van der Waals surface area contributed by atoms with Crippen LogP contribution in [0, 0.1) is 10.5 Å². The van der Waals surface area contributed by atoms with Crippen molar-refractivity contribution in [2.75, 3.05) is 0 Å². The number of hydrogen-bond acceptors (Lipinski definition) is 3. The van der Waals surface area contributed by atoms with Gasteiger partial charge in [0.15, 0.2) is 5.69 Å². The second kappa shape index (κ2) is 4.20. The van der Waals surface area contributed by atoms with Gasteiger partial charge in [0, 0.05) is 3.57 Å². The fraction of sp³-hybridized carbons (Fsp3) is 0.100. The predicted octanol–water partition coefficient (Wildman–Crippen LogP) is 1.88. The first-order valence-electron chi connectivity index (χ1n) is 4.51. The standard InChI is InChI=1S/C10H8IN3O2/c1-6-9(10(15)16)12-13-14(6)8-5-3-2-4-7(8)11/h2-5H,1H3,(H,15,16). The van der Waals surface area contributed by atoms with E-state index in [-0.39, 0.29) is 5.69 Å². The molecule has 1 N–H and O–H groups in total. The van der Waals surface area contributed by atoms with Crippen LogP contribution in [0.2, 0.25) is 0 Å². The predicted molar refractivity (Wildman–Crippen MR) is 65.8 cm³/mol. The summed E-state index contributed by atoms with van der Waals surface area (Å²) in [4.78, 5) is 10.8. The quantitative estimate of drug-likeness (QED) is 0.855. The zero-order chi connectivity index (χ0) is 11.7. The second-order valence-corrected chi connectivity index (χ2v) is 4.35. The fourth-order valence-electron chi connectivity index (χ4n) is 1.38. The zero-order valence-electron chi connectivity index (χ0n) is 8.38. The van der Waals surface area contributed by atoms with Gasteiger partial charge in [-0.2, -0.15) is 0 Å². The highest BCUT2D eigenvalue weighted by atomic mass is 127. The van der Waals surface area contributed by atoms with Crippen LogP contribution in [-0.2, 0) is 0 Å². The average molecular weight is 329 g/mol. The van der Waals surface area contributed by atoms with Crippen LogP contribution < -0.4 is 0 Å². The van der Waals surface area contributed by atoms with Gasteiger partial charge in [-0.1, -0.05) is 17.3 Å². The molecule has 0 saturated carbocycles. The maximum atomic E-state index is 10.8. The van der Waals surface area contributed by atoms with Gasteiger partial charge in [-0.15, -0.1) is 5.10 Å². The molecule has 2 aromatic rings. The van der Waals surface area contributed by atoms with E-state index in [4.69, 9.17) is 5.11 Å². The van der Waals surface area contributed by atoms with Crippen LogP contribution in [-0.4, -0.2) is 26.1 Å². The smallest absolute Gasteiger partial charge is 0.358 e. The third-order valence-corrected chi connectivity index (χ3v) is 3.09. The lowest BCUT2D eigenvalue weighted by Gasteiger charge is -2.04. The molecule has 0 aliphatic carbocycles. The normalized spacial score (nSPS) is 10.4. The fourth-order valence-corrected chi connectivity index (χ4v) is 1.99. The molecule has 1 aromatic carbocycles. The number of aromatic carboxylic acids is 1. The van der Waals surface area contributed by atoms with E-state index < -0.39 is 5.97 Å². The number of rotatable bonds is 2. The van der Waals surface area contributed by atoms with Gasteiger partial charge in [0.05, 0.1) is 11.4 Å². The number of carboxylic acid groups (broad SMARTS) is 1. The SMILES string of the molecule is Cc1c(C(=O)O)nnn1-c1ccccc1I. The van der Waals surface area contributed by atoms with Crippen LogP contribution in [0.1, 0.15) is 16.2 Å². The Hall–Kier alpha value is -1.44. The van der Waals surface area contributed by atoms with E-state index in [1.165, 1.54) is 4.68 Å². The molecule has 0 fully saturated rings. The zero-order valence-corrected chi connectivity index (χ0v) is 10.5. The van der Waals surface area contributed by atoms with Gasteiger partial charge in [0.25, 0.3) is 0 Å². The van der Waals surface area contributed by atoms with E-state index in [0.29, 0.717) is 5.69 Å². The lowest BCUT2D eigenvalue weighted by Crippen LogP contribution is -2.03. The van der Waals surface area contributed by atoms with Crippen LogP contribution >= 0.6 is 22.6 Å². The van der Waals surface area contributed by atoms with Crippen LogP contribution in [0.3, 0.4) is 0 Å². The highest BCUT2D eigenvalue weighted by Gasteiger charge is 2.16. The van der Waals surface area contributed by atoms with Crippen LogP contribution in [0.15, 0.2) is 24.3 Å². The van der Waals surface area contributed by atoms with Crippen molar-refractivity contribution in [3.8, 4) is 5.69 Å². The average Bonchev–Trinajstić information content (AvgIpc) is 2.61. The Kier molecular flexibility index (Phi) is 2.90. The van der Waals surface area contributed by atoms with Gasteiger partial charge in [0.1, 0.15) is 0 Å². The van der Waals surface area contributed by atoms with Crippen molar-refractivity contribution in [2.24, 2.45) is 0 Å². The van der Waals surface area contributed by atoms with Crippen molar-refractivity contribution in [3.63, 3.8) is 0 Å². The van der Waals surface area contributed by atoms with E-state index >= 15 is 0 Å². The first-order valence-corrected chi connectivity index (χ1v) is 5.59. The molecule has 5 nitrogen and oxygen atoms in total. The molecule has 82 valence electrons. The van der Waals surface area contributed by atoms with Crippen molar-refractivity contribution >= 4 is 28.6 Å². The van der Waals surface area contributed by atoms with E-state index in [1.807, 2.05) is 24.3 Å². The monoisotopic (exact) mass is 329 g/mol. The van der Waals surface area contributed by atoms with Crippen molar-refractivity contribution in [1.29, 1.82) is 0 Å². The Balaban J connectivity index is 2.58. The number of benzene rings is 1. The minimum atomic E-state index is -1.06. The van der Waals surface area contributed by atoms with Gasteiger partial charge in [0.2, 0.25) is 0 Å².